The number of nitrogens with one attached hydrogen (secondary N) is 1. The molecule has 0 atom stereocenters. The molecular formula is C13H18FN. The second kappa shape index (κ2) is 6.36. The van der Waals surface area contributed by atoms with Crippen molar-refractivity contribution in [2.45, 2.75) is 20.3 Å². The third-order valence-electron chi connectivity index (χ3n) is 2.19. The molecule has 1 aromatic carbocycles. The van der Waals surface area contributed by atoms with Gasteiger partial charge in [-0.2, -0.15) is 0 Å². The Morgan fingerprint density at radius 1 is 1.40 bits per heavy atom. The molecule has 0 saturated heterocycles. The van der Waals surface area contributed by atoms with Gasteiger partial charge in [0.15, 0.2) is 0 Å². The van der Waals surface area contributed by atoms with Crippen LogP contribution in [-0.2, 0) is 0 Å². The van der Waals surface area contributed by atoms with Gasteiger partial charge in [0.1, 0.15) is 5.82 Å². The van der Waals surface area contributed by atoms with E-state index in [4.69, 9.17) is 0 Å². The quantitative estimate of drug-likeness (QED) is 0.731. The van der Waals surface area contributed by atoms with Crippen LogP contribution in [0, 0.1) is 12.7 Å². The first-order chi connectivity index (χ1) is 7.24. The zero-order chi connectivity index (χ0) is 11.1. The smallest absolute Gasteiger partial charge is 0.130 e. The second-order valence-electron chi connectivity index (χ2n) is 3.57. The Labute approximate surface area is 91.0 Å². The molecule has 0 heterocycles. The monoisotopic (exact) mass is 207 g/mol. The van der Waals surface area contributed by atoms with Gasteiger partial charge in [0.2, 0.25) is 0 Å². The summed E-state index contributed by atoms with van der Waals surface area (Å²) in [6, 6.07) is 5.16. The molecule has 0 unspecified atom stereocenters. The summed E-state index contributed by atoms with van der Waals surface area (Å²) in [7, 11) is 0. The number of hydrogen-bond donors (Lipinski definition) is 1. The number of rotatable bonds is 5. The van der Waals surface area contributed by atoms with Crippen molar-refractivity contribution >= 4 is 6.08 Å². The van der Waals surface area contributed by atoms with E-state index in [0.29, 0.717) is 5.56 Å². The van der Waals surface area contributed by atoms with E-state index < -0.39 is 0 Å². The van der Waals surface area contributed by atoms with Crippen LogP contribution >= 0.6 is 0 Å². The van der Waals surface area contributed by atoms with E-state index >= 15 is 0 Å². The van der Waals surface area contributed by atoms with Gasteiger partial charge in [0, 0.05) is 5.56 Å². The van der Waals surface area contributed by atoms with Crippen molar-refractivity contribution in [1.29, 1.82) is 0 Å². The van der Waals surface area contributed by atoms with Gasteiger partial charge in [-0.15, -0.1) is 0 Å². The van der Waals surface area contributed by atoms with Crippen LogP contribution in [0.15, 0.2) is 24.3 Å². The molecule has 0 spiro atoms. The minimum atomic E-state index is -0.152. The molecule has 0 aromatic heterocycles. The first-order valence-corrected chi connectivity index (χ1v) is 5.37. The highest BCUT2D eigenvalue weighted by Gasteiger charge is 1.96. The fourth-order valence-corrected chi connectivity index (χ4v) is 1.36. The molecule has 2 heteroatoms. The van der Waals surface area contributed by atoms with Gasteiger partial charge in [-0.1, -0.05) is 30.7 Å². The van der Waals surface area contributed by atoms with Gasteiger partial charge in [0.05, 0.1) is 0 Å². The molecule has 0 saturated carbocycles. The van der Waals surface area contributed by atoms with Crippen LogP contribution in [0.1, 0.15) is 24.5 Å². The summed E-state index contributed by atoms with van der Waals surface area (Å²) in [5.74, 6) is -0.152. The molecule has 0 fully saturated rings. The van der Waals surface area contributed by atoms with Crippen LogP contribution in [0.3, 0.4) is 0 Å². The van der Waals surface area contributed by atoms with Crippen molar-refractivity contribution < 1.29 is 4.39 Å². The predicted molar refractivity (Wildman–Crippen MR) is 63.3 cm³/mol. The summed E-state index contributed by atoms with van der Waals surface area (Å²) in [5, 5.41) is 3.22. The first kappa shape index (κ1) is 11.9. The Hall–Kier alpha value is -1.15. The summed E-state index contributed by atoms with van der Waals surface area (Å²) in [4.78, 5) is 0. The molecule has 0 aliphatic heterocycles. The Morgan fingerprint density at radius 3 is 2.93 bits per heavy atom. The number of benzene rings is 1. The Morgan fingerprint density at radius 2 is 2.20 bits per heavy atom. The zero-order valence-electron chi connectivity index (χ0n) is 9.39. The van der Waals surface area contributed by atoms with E-state index in [-0.39, 0.29) is 5.82 Å². The third kappa shape index (κ3) is 4.26. The molecule has 0 bridgehead atoms. The van der Waals surface area contributed by atoms with Crippen LogP contribution in [-0.4, -0.2) is 13.1 Å². The molecule has 1 aromatic rings. The van der Waals surface area contributed by atoms with E-state index in [0.717, 1.165) is 25.1 Å². The van der Waals surface area contributed by atoms with Gasteiger partial charge >= 0.3 is 0 Å². The molecule has 15 heavy (non-hydrogen) atoms. The lowest BCUT2D eigenvalue weighted by molar-refractivity contribution is 0.624. The Balaban J connectivity index is 2.52. The molecule has 1 N–H and O–H groups in total. The van der Waals surface area contributed by atoms with Crippen LogP contribution in [0.5, 0.6) is 0 Å². The molecule has 1 nitrogen and oxygen atoms in total. The summed E-state index contributed by atoms with van der Waals surface area (Å²) in [5.41, 5.74) is 1.76. The van der Waals surface area contributed by atoms with Crippen molar-refractivity contribution in [3.05, 3.63) is 41.2 Å². The molecule has 1 rings (SSSR count). The van der Waals surface area contributed by atoms with E-state index in [1.165, 1.54) is 6.07 Å². The second-order valence-corrected chi connectivity index (χ2v) is 3.57. The van der Waals surface area contributed by atoms with E-state index in [9.17, 15) is 4.39 Å². The van der Waals surface area contributed by atoms with Crippen molar-refractivity contribution in [2.75, 3.05) is 13.1 Å². The number of halogens is 1. The topological polar surface area (TPSA) is 12.0 Å². The highest BCUT2D eigenvalue weighted by Crippen LogP contribution is 2.11. The zero-order valence-corrected chi connectivity index (χ0v) is 9.39. The van der Waals surface area contributed by atoms with E-state index in [2.05, 4.69) is 12.2 Å². The lowest BCUT2D eigenvalue weighted by atomic mass is 10.1. The maximum absolute atomic E-state index is 13.3. The predicted octanol–water partition coefficient (Wildman–Crippen LogP) is 3.15. The molecule has 0 aliphatic rings. The largest absolute Gasteiger partial charge is 0.317 e. The van der Waals surface area contributed by atoms with Crippen LogP contribution in [0.25, 0.3) is 6.08 Å². The third-order valence-corrected chi connectivity index (χ3v) is 2.19. The lowest BCUT2D eigenvalue weighted by Gasteiger charge is -1.99. The molecule has 82 valence electrons. The van der Waals surface area contributed by atoms with Crippen molar-refractivity contribution in [1.82, 2.24) is 5.32 Å². The lowest BCUT2D eigenvalue weighted by Crippen LogP contribution is -2.12. The van der Waals surface area contributed by atoms with Gasteiger partial charge < -0.3 is 5.32 Å². The Bertz CT molecular complexity index is 331. The molecule has 0 amide bonds. The van der Waals surface area contributed by atoms with Crippen LogP contribution in [0.4, 0.5) is 4.39 Å². The number of aryl methyl sites for hydroxylation is 1. The van der Waals surface area contributed by atoms with Crippen molar-refractivity contribution in [2.24, 2.45) is 0 Å². The SMILES string of the molecule is CCNCCC=Cc1cc(C)ccc1F. The van der Waals surface area contributed by atoms with Crippen LogP contribution < -0.4 is 5.32 Å². The average Bonchev–Trinajstić information content (AvgIpc) is 2.23. The standard InChI is InChI=1S/C13H18FN/c1-3-15-9-5-4-6-12-10-11(2)7-8-13(12)14/h4,6-8,10,15H,3,5,9H2,1-2H3. The first-order valence-electron chi connectivity index (χ1n) is 5.37. The fourth-order valence-electron chi connectivity index (χ4n) is 1.36. The van der Waals surface area contributed by atoms with Crippen molar-refractivity contribution in [3.8, 4) is 0 Å². The minimum Gasteiger partial charge on any atom is -0.317 e. The molecule has 0 aliphatic carbocycles. The van der Waals surface area contributed by atoms with Gasteiger partial charge in [-0.05, 0) is 38.6 Å². The minimum absolute atomic E-state index is 0.152. The summed E-state index contributed by atoms with van der Waals surface area (Å²) < 4.78 is 13.3. The summed E-state index contributed by atoms with van der Waals surface area (Å²) >= 11 is 0. The average molecular weight is 207 g/mol. The van der Waals surface area contributed by atoms with Crippen LogP contribution in [0.2, 0.25) is 0 Å². The highest BCUT2D eigenvalue weighted by molar-refractivity contribution is 5.51. The van der Waals surface area contributed by atoms with Gasteiger partial charge in [-0.3, -0.25) is 0 Å². The van der Waals surface area contributed by atoms with Gasteiger partial charge in [-0.25, -0.2) is 4.39 Å². The Kier molecular flexibility index (Phi) is 5.05. The van der Waals surface area contributed by atoms with Crippen molar-refractivity contribution in [3.63, 3.8) is 0 Å². The summed E-state index contributed by atoms with van der Waals surface area (Å²) in [6.45, 7) is 5.96. The maximum atomic E-state index is 13.3. The summed E-state index contributed by atoms with van der Waals surface area (Å²) in [6.07, 6.45) is 4.78. The maximum Gasteiger partial charge on any atom is 0.130 e. The molecule has 0 radical (unpaired) electrons. The highest BCUT2D eigenvalue weighted by atomic mass is 19.1. The molecular weight excluding hydrogens is 189 g/mol. The van der Waals surface area contributed by atoms with E-state index in [1.54, 1.807) is 6.07 Å². The normalized spacial score (nSPS) is 11.1. The fraction of sp³-hybridized carbons (Fsp3) is 0.385. The van der Waals surface area contributed by atoms with E-state index in [1.807, 2.05) is 25.1 Å². The number of hydrogen-bond acceptors (Lipinski definition) is 1. The van der Waals surface area contributed by atoms with Gasteiger partial charge in [0.25, 0.3) is 0 Å².